The maximum atomic E-state index is 14.0. The second kappa shape index (κ2) is 13.4. The first-order valence-corrected chi connectivity index (χ1v) is 12.9. The van der Waals surface area contributed by atoms with Crippen molar-refractivity contribution in [2.24, 2.45) is 0 Å². The third-order valence-electron chi connectivity index (χ3n) is 6.95. The molecule has 3 aromatic rings. The molecule has 0 aliphatic rings. The molecule has 256 valence electrons. The minimum Gasteiger partial charge on any atom is -0.192 e. The zero-order chi connectivity index (χ0) is 39.7. The van der Waals surface area contributed by atoms with E-state index in [1.165, 1.54) is 24.3 Å². The number of nitriles is 8. The number of halogens is 12. The predicted octanol–water partition coefficient (Wildman–Crippen LogP) is 6.44. The fraction of sp³-hybridized carbons (Fsp3) is 0.125. The van der Waals surface area contributed by atoms with Gasteiger partial charge in [-0.1, -0.05) is 0 Å². The van der Waals surface area contributed by atoms with Crippen LogP contribution in [0.25, 0.3) is 11.1 Å². The summed E-state index contributed by atoms with van der Waals surface area (Å²) in [5, 5.41) is 75.6. The van der Waals surface area contributed by atoms with Crippen LogP contribution in [0.3, 0.4) is 0 Å². The lowest BCUT2D eigenvalue weighted by atomic mass is 9.86. The van der Waals surface area contributed by atoms with Crippen molar-refractivity contribution in [2.75, 3.05) is 0 Å². The monoisotopic (exact) mass is 728 g/mol. The van der Waals surface area contributed by atoms with Gasteiger partial charge in [0.1, 0.15) is 24.3 Å². The quantitative estimate of drug-likeness (QED) is 0.269. The van der Waals surface area contributed by atoms with Crippen molar-refractivity contribution in [3.05, 3.63) is 101 Å². The van der Waals surface area contributed by atoms with E-state index in [2.05, 4.69) is 0 Å². The Morgan fingerprint density at radius 1 is 0.365 bits per heavy atom. The Morgan fingerprint density at radius 3 is 0.827 bits per heavy atom. The van der Waals surface area contributed by atoms with E-state index >= 15 is 0 Å². The molecular weight excluding hydrogens is 724 g/mol. The van der Waals surface area contributed by atoms with E-state index in [-0.39, 0.29) is 12.1 Å². The third-order valence-corrected chi connectivity index (χ3v) is 6.95. The normalized spacial score (nSPS) is 12.7. The van der Waals surface area contributed by atoms with Crippen molar-refractivity contribution in [1.82, 2.24) is 0 Å². The molecule has 0 unspecified atom stereocenters. The summed E-state index contributed by atoms with van der Waals surface area (Å²) in [6.07, 6.45) is -23.8. The number of nitrogens with zero attached hydrogens (tertiary/aromatic N) is 8. The van der Waals surface area contributed by atoms with Crippen molar-refractivity contribution >= 4 is 11.1 Å². The Labute approximate surface area is 280 Å². The van der Waals surface area contributed by atoms with E-state index in [0.29, 0.717) is 12.1 Å². The topological polar surface area (TPSA) is 190 Å². The lowest BCUT2D eigenvalue weighted by Gasteiger charge is -2.20. The van der Waals surface area contributed by atoms with E-state index in [1.807, 2.05) is 0 Å². The molecule has 0 saturated carbocycles. The van der Waals surface area contributed by atoms with E-state index < -0.39 is 113 Å². The fourth-order valence-electron chi connectivity index (χ4n) is 5.05. The Hall–Kier alpha value is -7.52. The number of rotatable bonds is 2. The minimum atomic E-state index is -5.99. The highest BCUT2D eigenvalue weighted by Gasteiger charge is 2.49. The van der Waals surface area contributed by atoms with Gasteiger partial charge in [0, 0.05) is 21.6 Å². The maximum Gasteiger partial charge on any atom is 0.418 e. The highest BCUT2D eigenvalue weighted by atomic mass is 19.4. The van der Waals surface area contributed by atoms with E-state index in [0.717, 1.165) is 24.3 Å². The average molecular weight is 728 g/mol. The fourth-order valence-corrected chi connectivity index (χ4v) is 5.05. The Balaban J connectivity index is 2.79. The zero-order valence-corrected chi connectivity index (χ0v) is 24.4. The molecule has 0 atom stereocenters. The van der Waals surface area contributed by atoms with Crippen LogP contribution in [0.15, 0.2) is 24.3 Å². The van der Waals surface area contributed by atoms with Gasteiger partial charge in [0.25, 0.3) is 0 Å². The second-order valence-corrected chi connectivity index (χ2v) is 9.77. The largest absolute Gasteiger partial charge is 0.418 e. The minimum absolute atomic E-state index is 0.0760. The lowest BCUT2D eigenvalue weighted by Crippen LogP contribution is -2.25. The molecule has 0 aliphatic carbocycles. The molecule has 0 amide bonds. The van der Waals surface area contributed by atoms with Crippen LogP contribution in [0.2, 0.25) is 0 Å². The zero-order valence-electron chi connectivity index (χ0n) is 24.4. The average Bonchev–Trinajstić information content (AvgIpc) is 3.05. The number of hydrogen-bond donors (Lipinski definition) is 0. The van der Waals surface area contributed by atoms with E-state index in [4.69, 9.17) is 0 Å². The molecule has 0 fully saturated rings. The van der Waals surface area contributed by atoms with Crippen LogP contribution in [0.4, 0.5) is 52.7 Å². The number of alkyl halides is 12. The first kappa shape index (κ1) is 38.9. The summed E-state index contributed by atoms with van der Waals surface area (Å²) in [6.45, 7) is 0. The highest BCUT2D eigenvalue weighted by molar-refractivity contribution is 5.86. The molecule has 0 N–H and O–H groups in total. The molecule has 0 spiro atoms. The van der Waals surface area contributed by atoms with Gasteiger partial charge in [-0.3, -0.25) is 0 Å². The molecule has 20 heteroatoms. The molecular formula is C32H4F12N8. The van der Waals surface area contributed by atoms with Gasteiger partial charge >= 0.3 is 24.7 Å². The van der Waals surface area contributed by atoms with Crippen molar-refractivity contribution in [1.29, 1.82) is 42.1 Å². The third kappa shape index (κ3) is 6.70. The molecule has 3 rings (SSSR count). The maximum absolute atomic E-state index is 14.0. The summed E-state index contributed by atoms with van der Waals surface area (Å²) in [5.74, 6) is 0. The molecule has 0 heterocycles. The molecule has 0 aliphatic heterocycles. The Bertz CT molecular complexity index is 2370. The van der Waals surface area contributed by atoms with Gasteiger partial charge in [0.15, 0.2) is 0 Å². The van der Waals surface area contributed by atoms with Crippen LogP contribution < -0.4 is 10.4 Å². The van der Waals surface area contributed by atoms with Gasteiger partial charge in [0.05, 0.1) is 91.1 Å². The van der Waals surface area contributed by atoms with Crippen LogP contribution in [0.5, 0.6) is 0 Å². The standard InChI is InChI=1S/C32H4F12N8/c33-29(34,35)25-15(7-47)3-19(23(11-51)27(25)31(39,40)41)21(9-49)17-1-13(5-45)18(2-14(17)6-46)22(10-50)20-4-16(8-48)26(30(36,37)38)28(24(20)12-52)32(42,43)44/h1-4H/b21-17-,22-18+. The lowest BCUT2D eigenvalue weighted by molar-refractivity contribution is -0.162. The first-order valence-electron chi connectivity index (χ1n) is 12.9. The molecule has 0 aromatic heterocycles. The second-order valence-electron chi connectivity index (χ2n) is 9.77. The number of hydrogen-bond acceptors (Lipinski definition) is 8. The van der Waals surface area contributed by atoms with Gasteiger partial charge in [-0.25, -0.2) is 0 Å². The summed E-state index contributed by atoms with van der Waals surface area (Å²) in [4.78, 5) is 0. The van der Waals surface area contributed by atoms with Gasteiger partial charge in [-0.15, -0.1) is 0 Å². The summed E-state index contributed by atoms with van der Waals surface area (Å²) < 4.78 is 167. The molecule has 0 radical (unpaired) electrons. The predicted molar refractivity (Wildman–Crippen MR) is 143 cm³/mol. The highest BCUT2D eigenvalue weighted by Crippen LogP contribution is 2.47. The molecule has 8 nitrogen and oxygen atoms in total. The van der Waals surface area contributed by atoms with Crippen LogP contribution >= 0.6 is 0 Å². The number of benzene rings is 3. The Kier molecular flexibility index (Phi) is 10.0. The van der Waals surface area contributed by atoms with Gasteiger partial charge in [-0.2, -0.15) is 94.8 Å². The molecule has 0 bridgehead atoms. The Morgan fingerprint density at radius 2 is 0.635 bits per heavy atom. The van der Waals surface area contributed by atoms with E-state index in [9.17, 15) is 94.8 Å². The summed E-state index contributed by atoms with van der Waals surface area (Å²) in [5.41, 5.74) is -24.8. The van der Waals surface area contributed by atoms with Crippen molar-refractivity contribution in [2.45, 2.75) is 24.7 Å². The van der Waals surface area contributed by atoms with Crippen LogP contribution in [0, 0.1) is 90.6 Å². The van der Waals surface area contributed by atoms with Crippen LogP contribution in [-0.4, -0.2) is 0 Å². The summed E-state index contributed by atoms with van der Waals surface area (Å²) >= 11 is 0. The first-order chi connectivity index (χ1) is 24.0. The van der Waals surface area contributed by atoms with Crippen LogP contribution in [-0.2, 0) is 24.7 Å². The SMILES string of the molecule is N#C/C(c1cc(C#N)c(C(F)(F)F)c(C(F)(F)F)c1C#N)=c1/cc(C#N)/c(=C(/C#N)c2cc(C#N)c(C(F)(F)F)c(C(F)(F)F)c2C#N)cc1C#N. The van der Waals surface area contributed by atoms with Crippen molar-refractivity contribution < 1.29 is 52.7 Å². The van der Waals surface area contributed by atoms with E-state index in [1.54, 1.807) is 0 Å². The van der Waals surface area contributed by atoms with Gasteiger partial charge in [0.2, 0.25) is 0 Å². The van der Waals surface area contributed by atoms with Crippen LogP contribution in [0.1, 0.15) is 66.8 Å². The van der Waals surface area contributed by atoms with Crippen molar-refractivity contribution in [3.63, 3.8) is 0 Å². The molecule has 3 aromatic carbocycles. The van der Waals surface area contributed by atoms with Gasteiger partial charge < -0.3 is 0 Å². The van der Waals surface area contributed by atoms with Gasteiger partial charge in [-0.05, 0) is 24.3 Å². The van der Waals surface area contributed by atoms with Crippen molar-refractivity contribution in [3.8, 4) is 48.6 Å². The molecule has 52 heavy (non-hydrogen) atoms. The molecule has 0 saturated heterocycles. The summed E-state index contributed by atoms with van der Waals surface area (Å²) in [6, 6.07) is 9.76. The smallest absolute Gasteiger partial charge is 0.192 e. The summed E-state index contributed by atoms with van der Waals surface area (Å²) in [7, 11) is 0.